The molecule has 3 aromatic heterocycles. The van der Waals surface area contributed by atoms with Gasteiger partial charge in [0.15, 0.2) is 5.65 Å². The lowest BCUT2D eigenvalue weighted by Gasteiger charge is -2.05. The summed E-state index contributed by atoms with van der Waals surface area (Å²) in [6.07, 6.45) is 3.40. The van der Waals surface area contributed by atoms with Crippen LogP contribution in [0.1, 0.15) is 0 Å². The normalized spacial score (nSPS) is 10.8. The number of non-ortho nitro benzene ring substituents is 1. The first-order valence-electron chi connectivity index (χ1n) is 8.40. The number of hydrogen-bond acceptors (Lipinski definition) is 8. The largest absolute Gasteiger partial charge is 0.325 e. The average Bonchev–Trinajstić information content (AvgIpc) is 3.15. The molecule has 1 N–H and O–H groups in total. The van der Waals surface area contributed by atoms with Crippen LogP contribution in [0, 0.1) is 10.1 Å². The van der Waals surface area contributed by atoms with Gasteiger partial charge in [0.25, 0.3) is 5.69 Å². The minimum absolute atomic E-state index is 0.0391. The zero-order valence-electron chi connectivity index (χ0n) is 14.8. The van der Waals surface area contributed by atoms with Crippen LogP contribution in [0.3, 0.4) is 0 Å². The SMILES string of the molecule is O=C(CSc1nnc2ccc(-c3cccnc3)nn12)Nc1ccc([N+](=O)[O-])cc1. The van der Waals surface area contributed by atoms with Gasteiger partial charge in [-0.05, 0) is 36.4 Å². The van der Waals surface area contributed by atoms with Crippen molar-refractivity contribution < 1.29 is 9.72 Å². The molecule has 0 aliphatic carbocycles. The Kier molecular flexibility index (Phi) is 5.12. The summed E-state index contributed by atoms with van der Waals surface area (Å²) >= 11 is 1.19. The molecule has 11 heteroatoms. The maximum absolute atomic E-state index is 12.2. The van der Waals surface area contributed by atoms with E-state index in [4.69, 9.17) is 0 Å². The Morgan fingerprint density at radius 2 is 1.97 bits per heavy atom. The number of nitro groups is 1. The lowest BCUT2D eigenvalue weighted by atomic mass is 10.2. The molecule has 4 aromatic rings. The summed E-state index contributed by atoms with van der Waals surface area (Å²) in [6, 6.07) is 13.0. The fourth-order valence-electron chi connectivity index (χ4n) is 2.52. The number of rotatable bonds is 6. The van der Waals surface area contributed by atoms with Gasteiger partial charge in [-0.3, -0.25) is 19.9 Å². The number of aromatic nitrogens is 5. The van der Waals surface area contributed by atoms with E-state index in [1.54, 1.807) is 23.0 Å². The highest BCUT2D eigenvalue weighted by Gasteiger charge is 2.12. The van der Waals surface area contributed by atoms with E-state index < -0.39 is 4.92 Å². The highest BCUT2D eigenvalue weighted by atomic mass is 32.2. The smallest absolute Gasteiger partial charge is 0.269 e. The monoisotopic (exact) mass is 407 g/mol. The van der Waals surface area contributed by atoms with Crippen molar-refractivity contribution in [3.05, 3.63) is 71.0 Å². The first-order chi connectivity index (χ1) is 14.1. The number of thioether (sulfide) groups is 1. The summed E-state index contributed by atoms with van der Waals surface area (Å²) in [6.45, 7) is 0. The Hall–Kier alpha value is -3.86. The third-order valence-corrected chi connectivity index (χ3v) is 4.81. The van der Waals surface area contributed by atoms with Crippen LogP contribution < -0.4 is 5.32 Å². The number of benzene rings is 1. The Morgan fingerprint density at radius 1 is 1.14 bits per heavy atom. The number of pyridine rings is 1. The van der Waals surface area contributed by atoms with Crippen LogP contribution in [0.5, 0.6) is 0 Å². The summed E-state index contributed by atoms with van der Waals surface area (Å²) in [4.78, 5) is 26.5. The molecule has 144 valence electrons. The molecule has 10 nitrogen and oxygen atoms in total. The van der Waals surface area contributed by atoms with Crippen molar-refractivity contribution in [1.82, 2.24) is 24.8 Å². The lowest BCUT2D eigenvalue weighted by molar-refractivity contribution is -0.384. The van der Waals surface area contributed by atoms with E-state index in [9.17, 15) is 14.9 Å². The second-order valence-electron chi connectivity index (χ2n) is 5.85. The van der Waals surface area contributed by atoms with Gasteiger partial charge in [0, 0.05) is 35.8 Å². The molecule has 29 heavy (non-hydrogen) atoms. The molecule has 1 aromatic carbocycles. The third-order valence-electron chi connectivity index (χ3n) is 3.89. The average molecular weight is 407 g/mol. The molecular weight excluding hydrogens is 394 g/mol. The first kappa shape index (κ1) is 18.5. The second kappa shape index (κ2) is 8.02. The van der Waals surface area contributed by atoms with Crippen LogP contribution in [0.25, 0.3) is 16.9 Å². The molecule has 0 saturated heterocycles. The number of anilines is 1. The van der Waals surface area contributed by atoms with Crippen LogP contribution in [-0.4, -0.2) is 41.4 Å². The molecular formula is C18H13N7O3S. The summed E-state index contributed by atoms with van der Waals surface area (Å²) in [5.74, 6) is -0.194. The fraction of sp³-hybridized carbons (Fsp3) is 0.0556. The van der Waals surface area contributed by atoms with Crippen molar-refractivity contribution in [3.8, 4) is 11.3 Å². The molecule has 0 radical (unpaired) electrons. The Labute approximate surface area is 168 Å². The van der Waals surface area contributed by atoms with Crippen LogP contribution in [0.4, 0.5) is 11.4 Å². The molecule has 0 fully saturated rings. The van der Waals surface area contributed by atoms with E-state index in [2.05, 4.69) is 25.6 Å². The summed E-state index contributed by atoms with van der Waals surface area (Å²) < 4.78 is 1.58. The predicted molar refractivity (Wildman–Crippen MR) is 106 cm³/mol. The fourth-order valence-corrected chi connectivity index (χ4v) is 3.21. The molecule has 3 heterocycles. The van der Waals surface area contributed by atoms with Crippen molar-refractivity contribution in [3.63, 3.8) is 0 Å². The first-order valence-corrected chi connectivity index (χ1v) is 9.39. The van der Waals surface area contributed by atoms with Gasteiger partial charge in [-0.2, -0.15) is 9.61 Å². The topological polar surface area (TPSA) is 128 Å². The Bertz CT molecular complexity index is 1180. The number of nitrogens with one attached hydrogen (secondary N) is 1. The van der Waals surface area contributed by atoms with Crippen molar-refractivity contribution in [2.75, 3.05) is 11.1 Å². The molecule has 0 spiro atoms. The summed E-state index contributed by atoms with van der Waals surface area (Å²) in [5.41, 5.74) is 2.57. The van der Waals surface area contributed by atoms with Crippen LogP contribution in [-0.2, 0) is 4.79 Å². The van der Waals surface area contributed by atoms with Gasteiger partial charge >= 0.3 is 0 Å². The number of hydrogen-bond donors (Lipinski definition) is 1. The van der Waals surface area contributed by atoms with Crippen LogP contribution in [0.15, 0.2) is 66.1 Å². The van der Waals surface area contributed by atoms with Crippen molar-refractivity contribution in [2.45, 2.75) is 5.16 Å². The molecule has 0 aliphatic heterocycles. The molecule has 0 unspecified atom stereocenters. The standard InChI is InChI=1S/C18H13N7O3S/c26-17(20-13-3-5-14(6-4-13)25(27)28)11-29-18-22-21-16-8-7-15(23-24(16)18)12-2-1-9-19-10-12/h1-10H,11H2,(H,20,26). The summed E-state index contributed by atoms with van der Waals surface area (Å²) in [7, 11) is 0. The van der Waals surface area contributed by atoms with Crippen molar-refractivity contribution >= 4 is 34.7 Å². The number of fused-ring (bicyclic) bond motifs is 1. The minimum Gasteiger partial charge on any atom is -0.325 e. The molecule has 0 atom stereocenters. The maximum atomic E-state index is 12.2. The van der Waals surface area contributed by atoms with E-state index in [0.29, 0.717) is 22.2 Å². The molecule has 1 amide bonds. The highest BCUT2D eigenvalue weighted by molar-refractivity contribution is 7.99. The van der Waals surface area contributed by atoms with Crippen molar-refractivity contribution in [2.24, 2.45) is 0 Å². The zero-order chi connectivity index (χ0) is 20.2. The molecule has 0 bridgehead atoms. The molecule has 4 rings (SSSR count). The van der Waals surface area contributed by atoms with Gasteiger partial charge in [-0.1, -0.05) is 11.8 Å². The third kappa shape index (κ3) is 4.19. The van der Waals surface area contributed by atoms with Gasteiger partial charge in [-0.15, -0.1) is 10.2 Å². The van der Waals surface area contributed by atoms with Gasteiger partial charge in [0.05, 0.1) is 16.4 Å². The van der Waals surface area contributed by atoms with Gasteiger partial charge < -0.3 is 5.32 Å². The lowest BCUT2D eigenvalue weighted by Crippen LogP contribution is -2.14. The zero-order valence-corrected chi connectivity index (χ0v) is 15.6. The second-order valence-corrected chi connectivity index (χ2v) is 6.80. The van der Waals surface area contributed by atoms with E-state index in [1.165, 1.54) is 36.0 Å². The Morgan fingerprint density at radius 3 is 2.69 bits per heavy atom. The molecule has 0 saturated carbocycles. The van der Waals surface area contributed by atoms with Crippen LogP contribution in [0.2, 0.25) is 0 Å². The predicted octanol–water partition coefficient (Wildman–Crippen LogP) is 2.83. The van der Waals surface area contributed by atoms with E-state index in [-0.39, 0.29) is 17.3 Å². The maximum Gasteiger partial charge on any atom is 0.269 e. The molecule has 0 aliphatic rings. The highest BCUT2D eigenvalue weighted by Crippen LogP contribution is 2.21. The van der Waals surface area contributed by atoms with Crippen LogP contribution >= 0.6 is 11.8 Å². The summed E-state index contributed by atoms with van der Waals surface area (Å²) in [5, 5.41) is 26.5. The van der Waals surface area contributed by atoms with Gasteiger partial charge in [0.2, 0.25) is 11.1 Å². The number of amides is 1. The number of carbonyl (C=O) groups excluding carboxylic acids is 1. The number of carbonyl (C=O) groups is 1. The van der Waals surface area contributed by atoms with Gasteiger partial charge in [0.1, 0.15) is 0 Å². The quantitative estimate of drug-likeness (QED) is 0.293. The minimum atomic E-state index is -0.495. The van der Waals surface area contributed by atoms with Gasteiger partial charge in [-0.25, -0.2) is 0 Å². The Balaban J connectivity index is 1.45. The van der Waals surface area contributed by atoms with E-state index in [0.717, 1.165) is 5.56 Å². The van der Waals surface area contributed by atoms with E-state index in [1.807, 2.05) is 18.2 Å². The number of nitrogens with zero attached hydrogens (tertiary/aromatic N) is 6. The number of nitro benzene ring substituents is 1. The van der Waals surface area contributed by atoms with Crippen molar-refractivity contribution in [1.29, 1.82) is 0 Å². The van der Waals surface area contributed by atoms with E-state index >= 15 is 0 Å².